The van der Waals surface area contributed by atoms with Crippen LogP contribution in [0.2, 0.25) is 0 Å². The van der Waals surface area contributed by atoms with Gasteiger partial charge in [0.05, 0.1) is 11.1 Å². The van der Waals surface area contributed by atoms with E-state index in [1.54, 1.807) is 24.3 Å². The second-order valence-corrected chi connectivity index (χ2v) is 9.36. The normalized spacial score (nSPS) is 24.0. The number of rotatable bonds is 8. The molecule has 1 heterocycles. The summed E-state index contributed by atoms with van der Waals surface area (Å²) in [4.78, 5) is 51.8. The lowest BCUT2D eigenvalue weighted by Gasteiger charge is -2.34. The molecular formula is C23H30N2O5S. The lowest BCUT2D eigenvalue weighted by Crippen LogP contribution is -2.48. The number of esters is 1. The largest absolute Gasteiger partial charge is 0.454 e. The van der Waals surface area contributed by atoms with E-state index < -0.39 is 30.4 Å². The number of carbonyl (C=O) groups excluding carboxylic acids is 4. The molecule has 168 valence electrons. The summed E-state index contributed by atoms with van der Waals surface area (Å²) in [5.74, 6) is -0.630. The molecule has 1 fully saturated rings. The SMILES string of the molecule is CSCC[C@H](C(=O)OCC(=O)N[C@@H]1CCC[C@H](C)[C@H]1C)N1C(=O)c2ccccc2C1=O. The molecule has 1 saturated carbocycles. The van der Waals surface area contributed by atoms with E-state index in [2.05, 4.69) is 19.2 Å². The van der Waals surface area contributed by atoms with Crippen LogP contribution in [-0.2, 0) is 14.3 Å². The van der Waals surface area contributed by atoms with E-state index in [1.807, 2.05) is 6.26 Å². The third-order valence-corrected chi connectivity index (χ3v) is 7.05. The Morgan fingerprint density at radius 3 is 2.42 bits per heavy atom. The van der Waals surface area contributed by atoms with Crippen molar-refractivity contribution in [1.82, 2.24) is 10.2 Å². The summed E-state index contributed by atoms with van der Waals surface area (Å²) in [5.41, 5.74) is 0.570. The number of carbonyl (C=O) groups is 4. The average Bonchev–Trinajstić information content (AvgIpc) is 3.01. The van der Waals surface area contributed by atoms with Gasteiger partial charge in [0, 0.05) is 6.04 Å². The standard InChI is InChI=1S/C23H30N2O5S/c1-14-7-6-10-18(15(14)2)24-20(26)13-30-23(29)19(11-12-31-3)25-21(27)16-8-4-5-9-17(16)22(25)28/h4-5,8-9,14-15,18-19H,6-7,10-13H2,1-3H3,(H,24,26)/t14-,15+,18+,19+/m0/s1. The average molecular weight is 447 g/mol. The molecule has 1 aliphatic heterocycles. The summed E-state index contributed by atoms with van der Waals surface area (Å²) in [6.45, 7) is 3.89. The van der Waals surface area contributed by atoms with Crippen LogP contribution in [0.3, 0.4) is 0 Å². The van der Waals surface area contributed by atoms with Gasteiger partial charge in [-0.05, 0) is 48.8 Å². The number of ether oxygens (including phenoxy) is 1. The third kappa shape index (κ3) is 5.11. The van der Waals surface area contributed by atoms with Crippen LogP contribution in [0.15, 0.2) is 24.3 Å². The minimum absolute atomic E-state index is 0.0680. The molecule has 0 unspecified atom stereocenters. The number of hydrogen-bond donors (Lipinski definition) is 1. The summed E-state index contributed by atoms with van der Waals surface area (Å²) in [5, 5.41) is 2.97. The van der Waals surface area contributed by atoms with Crippen molar-refractivity contribution in [1.29, 1.82) is 0 Å². The molecule has 31 heavy (non-hydrogen) atoms. The van der Waals surface area contributed by atoms with E-state index in [9.17, 15) is 19.2 Å². The maximum absolute atomic E-state index is 12.8. The van der Waals surface area contributed by atoms with Crippen molar-refractivity contribution in [3.63, 3.8) is 0 Å². The highest BCUT2D eigenvalue weighted by Gasteiger charge is 2.43. The van der Waals surface area contributed by atoms with Gasteiger partial charge in [0.25, 0.3) is 17.7 Å². The molecule has 1 N–H and O–H groups in total. The summed E-state index contributed by atoms with van der Waals surface area (Å²) >= 11 is 1.50. The predicted molar refractivity (Wildman–Crippen MR) is 119 cm³/mol. The van der Waals surface area contributed by atoms with Gasteiger partial charge in [0.2, 0.25) is 0 Å². The Morgan fingerprint density at radius 2 is 1.81 bits per heavy atom. The number of hydrogen-bond acceptors (Lipinski definition) is 6. The van der Waals surface area contributed by atoms with Crippen LogP contribution in [0.1, 0.15) is 60.2 Å². The summed E-state index contributed by atoms with van der Waals surface area (Å²) < 4.78 is 5.27. The highest BCUT2D eigenvalue weighted by atomic mass is 32.2. The summed E-state index contributed by atoms with van der Waals surface area (Å²) in [6, 6.07) is 5.53. The van der Waals surface area contributed by atoms with Crippen molar-refractivity contribution in [2.24, 2.45) is 11.8 Å². The first-order valence-corrected chi connectivity index (χ1v) is 12.2. The summed E-state index contributed by atoms with van der Waals surface area (Å²) in [7, 11) is 0. The molecule has 7 nitrogen and oxygen atoms in total. The molecule has 3 rings (SSSR count). The van der Waals surface area contributed by atoms with Gasteiger partial charge in [0.1, 0.15) is 6.04 Å². The number of fused-ring (bicyclic) bond motifs is 1. The fraction of sp³-hybridized carbons (Fsp3) is 0.565. The Hall–Kier alpha value is -2.35. The van der Waals surface area contributed by atoms with Gasteiger partial charge in [-0.2, -0.15) is 11.8 Å². The van der Waals surface area contributed by atoms with Gasteiger partial charge in [-0.1, -0.05) is 38.8 Å². The molecule has 4 atom stereocenters. The van der Waals surface area contributed by atoms with E-state index in [0.29, 0.717) is 17.6 Å². The van der Waals surface area contributed by atoms with E-state index in [0.717, 1.165) is 24.2 Å². The third-order valence-electron chi connectivity index (χ3n) is 6.40. The lowest BCUT2D eigenvalue weighted by molar-refractivity contribution is -0.152. The Morgan fingerprint density at radius 1 is 1.16 bits per heavy atom. The zero-order valence-corrected chi connectivity index (χ0v) is 19.1. The molecule has 3 amide bonds. The van der Waals surface area contributed by atoms with Gasteiger partial charge in [-0.3, -0.25) is 19.3 Å². The fourth-order valence-corrected chi connectivity index (χ4v) is 4.80. The monoisotopic (exact) mass is 446 g/mol. The molecule has 0 saturated heterocycles. The maximum Gasteiger partial charge on any atom is 0.329 e. The highest BCUT2D eigenvalue weighted by Crippen LogP contribution is 2.29. The van der Waals surface area contributed by atoms with Crippen LogP contribution in [0.5, 0.6) is 0 Å². The van der Waals surface area contributed by atoms with Crippen molar-refractivity contribution in [3.8, 4) is 0 Å². The molecule has 1 aromatic carbocycles. The predicted octanol–water partition coefficient (Wildman–Crippen LogP) is 2.89. The first-order chi connectivity index (χ1) is 14.8. The molecule has 0 bridgehead atoms. The number of amides is 3. The number of nitrogens with zero attached hydrogens (tertiary/aromatic N) is 1. The molecule has 1 aromatic rings. The Bertz CT molecular complexity index is 823. The van der Waals surface area contributed by atoms with E-state index in [4.69, 9.17) is 4.74 Å². The molecule has 2 aliphatic rings. The Kier molecular flexibility index (Phi) is 7.75. The van der Waals surface area contributed by atoms with Gasteiger partial charge in [0.15, 0.2) is 6.61 Å². The van der Waals surface area contributed by atoms with Crippen LogP contribution >= 0.6 is 11.8 Å². The van der Waals surface area contributed by atoms with E-state index in [1.165, 1.54) is 11.8 Å². The number of nitrogens with one attached hydrogen (secondary N) is 1. The second kappa shape index (κ2) is 10.3. The van der Waals surface area contributed by atoms with Crippen molar-refractivity contribution >= 4 is 35.5 Å². The fourth-order valence-electron chi connectivity index (χ4n) is 4.34. The quantitative estimate of drug-likeness (QED) is 0.488. The summed E-state index contributed by atoms with van der Waals surface area (Å²) in [6.07, 6.45) is 5.28. The van der Waals surface area contributed by atoms with Crippen LogP contribution in [0, 0.1) is 11.8 Å². The molecule has 0 aromatic heterocycles. The minimum atomic E-state index is -1.05. The Balaban J connectivity index is 1.63. The minimum Gasteiger partial charge on any atom is -0.454 e. The number of thioether (sulfide) groups is 1. The van der Waals surface area contributed by atoms with Crippen molar-refractivity contribution < 1.29 is 23.9 Å². The van der Waals surface area contributed by atoms with Crippen molar-refractivity contribution in [3.05, 3.63) is 35.4 Å². The highest BCUT2D eigenvalue weighted by molar-refractivity contribution is 7.98. The van der Waals surface area contributed by atoms with Crippen molar-refractivity contribution in [2.75, 3.05) is 18.6 Å². The van der Waals surface area contributed by atoms with Gasteiger partial charge >= 0.3 is 5.97 Å². The van der Waals surface area contributed by atoms with Gasteiger partial charge in [-0.25, -0.2) is 4.79 Å². The van der Waals surface area contributed by atoms with E-state index in [-0.39, 0.29) is 29.5 Å². The lowest BCUT2D eigenvalue weighted by atomic mass is 9.78. The molecule has 0 spiro atoms. The van der Waals surface area contributed by atoms with Crippen molar-refractivity contribution in [2.45, 2.75) is 51.6 Å². The molecule has 1 aliphatic carbocycles. The van der Waals surface area contributed by atoms with Gasteiger partial charge in [-0.15, -0.1) is 0 Å². The smallest absolute Gasteiger partial charge is 0.329 e. The zero-order chi connectivity index (χ0) is 22.5. The van der Waals surface area contributed by atoms with Crippen LogP contribution in [-0.4, -0.2) is 59.3 Å². The van der Waals surface area contributed by atoms with Crippen LogP contribution < -0.4 is 5.32 Å². The molecular weight excluding hydrogens is 416 g/mol. The maximum atomic E-state index is 12.8. The molecule has 0 radical (unpaired) electrons. The second-order valence-electron chi connectivity index (χ2n) is 8.37. The first-order valence-electron chi connectivity index (χ1n) is 10.8. The number of benzene rings is 1. The van der Waals surface area contributed by atoms with E-state index >= 15 is 0 Å². The Labute approximate surface area is 187 Å². The van der Waals surface area contributed by atoms with Gasteiger partial charge < -0.3 is 10.1 Å². The van der Waals surface area contributed by atoms with Crippen LogP contribution in [0.25, 0.3) is 0 Å². The molecule has 8 heteroatoms. The van der Waals surface area contributed by atoms with Crippen LogP contribution in [0.4, 0.5) is 0 Å². The number of imide groups is 1. The topological polar surface area (TPSA) is 92.8 Å². The first kappa shape index (κ1) is 23.3. The zero-order valence-electron chi connectivity index (χ0n) is 18.3.